The lowest BCUT2D eigenvalue weighted by Crippen LogP contribution is -2.31. The molecule has 0 aliphatic carbocycles. The second-order valence-corrected chi connectivity index (χ2v) is 7.46. The van der Waals surface area contributed by atoms with Crippen molar-refractivity contribution in [3.05, 3.63) is 76.0 Å². The fourth-order valence-electron chi connectivity index (χ4n) is 3.76. The van der Waals surface area contributed by atoms with Gasteiger partial charge >= 0.3 is 0 Å². The average Bonchev–Trinajstić information content (AvgIpc) is 3.29. The molecular formula is C23H23N3O5. The van der Waals surface area contributed by atoms with Crippen LogP contribution in [0.1, 0.15) is 35.4 Å². The average molecular weight is 421 g/mol. The second kappa shape index (κ2) is 9.01. The van der Waals surface area contributed by atoms with Gasteiger partial charge in [-0.3, -0.25) is 14.9 Å². The minimum atomic E-state index is -0.491. The van der Waals surface area contributed by atoms with Gasteiger partial charge in [-0.05, 0) is 61.7 Å². The Labute approximate surface area is 179 Å². The van der Waals surface area contributed by atoms with E-state index in [9.17, 15) is 14.9 Å². The van der Waals surface area contributed by atoms with E-state index in [2.05, 4.69) is 10.2 Å². The van der Waals surface area contributed by atoms with E-state index in [-0.39, 0.29) is 12.3 Å². The summed E-state index contributed by atoms with van der Waals surface area (Å²) in [5, 5.41) is 23.2. The monoisotopic (exact) mass is 421 g/mol. The minimum Gasteiger partial charge on any atom is -0.459 e. The Morgan fingerprint density at radius 3 is 2.45 bits per heavy atom. The fourth-order valence-corrected chi connectivity index (χ4v) is 3.76. The number of piperidine rings is 1. The lowest BCUT2D eigenvalue weighted by Gasteiger charge is -2.30. The van der Waals surface area contributed by atoms with E-state index in [1.807, 2.05) is 0 Å². The first-order valence-electron chi connectivity index (χ1n) is 10.2. The highest BCUT2D eigenvalue weighted by Crippen LogP contribution is 2.29. The number of non-ortho nitro benzene ring substituents is 1. The Morgan fingerprint density at radius 2 is 1.81 bits per heavy atom. The molecule has 0 unspecified atom stereocenters. The van der Waals surface area contributed by atoms with Gasteiger partial charge in [0.15, 0.2) is 0 Å². The van der Waals surface area contributed by atoms with Crippen molar-refractivity contribution in [2.45, 2.75) is 25.9 Å². The molecule has 1 fully saturated rings. The summed E-state index contributed by atoms with van der Waals surface area (Å²) in [6, 6.07) is 15.0. The van der Waals surface area contributed by atoms with Crippen molar-refractivity contribution in [1.29, 1.82) is 0 Å². The number of aliphatic hydroxyl groups excluding tert-OH is 1. The molecule has 0 bridgehead atoms. The highest BCUT2D eigenvalue weighted by Gasteiger charge is 2.22. The number of aliphatic hydroxyl groups is 1. The maximum absolute atomic E-state index is 13.0. The fraction of sp³-hybridized carbons (Fsp3) is 0.261. The number of nitrogens with zero attached hydrogens (tertiary/aromatic N) is 2. The van der Waals surface area contributed by atoms with Gasteiger partial charge in [-0.15, -0.1) is 0 Å². The lowest BCUT2D eigenvalue weighted by atomic mass is 10.1. The van der Waals surface area contributed by atoms with Gasteiger partial charge in [-0.2, -0.15) is 0 Å². The van der Waals surface area contributed by atoms with Crippen LogP contribution in [0, 0.1) is 10.1 Å². The van der Waals surface area contributed by atoms with Gasteiger partial charge in [0.2, 0.25) is 0 Å². The van der Waals surface area contributed by atoms with Crippen molar-refractivity contribution in [3.8, 4) is 11.3 Å². The molecule has 8 nitrogen and oxygen atoms in total. The van der Waals surface area contributed by atoms with Crippen molar-refractivity contribution in [3.63, 3.8) is 0 Å². The van der Waals surface area contributed by atoms with Gasteiger partial charge < -0.3 is 19.7 Å². The third kappa shape index (κ3) is 4.59. The maximum atomic E-state index is 13.0. The molecule has 1 amide bonds. The van der Waals surface area contributed by atoms with E-state index in [4.69, 9.17) is 9.52 Å². The Bertz CT molecular complexity index is 1080. The molecule has 0 saturated carbocycles. The van der Waals surface area contributed by atoms with Gasteiger partial charge in [-0.25, -0.2) is 0 Å². The maximum Gasteiger partial charge on any atom is 0.270 e. The Kier molecular flexibility index (Phi) is 5.99. The molecule has 1 aliphatic heterocycles. The topological polar surface area (TPSA) is 109 Å². The molecule has 4 rings (SSSR count). The number of nitro groups is 1. The van der Waals surface area contributed by atoms with Crippen LogP contribution < -0.4 is 10.2 Å². The molecule has 1 aromatic heterocycles. The predicted molar refractivity (Wildman–Crippen MR) is 117 cm³/mol. The van der Waals surface area contributed by atoms with Crippen molar-refractivity contribution < 1.29 is 19.2 Å². The summed E-state index contributed by atoms with van der Waals surface area (Å²) in [6.07, 6.45) is 3.21. The Hall–Kier alpha value is -3.65. The van der Waals surface area contributed by atoms with E-state index in [0.717, 1.165) is 37.9 Å². The largest absolute Gasteiger partial charge is 0.459 e. The number of anilines is 2. The third-order valence-electron chi connectivity index (χ3n) is 5.38. The second-order valence-electron chi connectivity index (χ2n) is 7.46. The smallest absolute Gasteiger partial charge is 0.270 e. The summed E-state index contributed by atoms with van der Waals surface area (Å²) in [5.41, 5.74) is 2.27. The summed E-state index contributed by atoms with van der Waals surface area (Å²) in [5.74, 6) is 0.703. The first-order chi connectivity index (χ1) is 15.0. The highest BCUT2D eigenvalue weighted by molar-refractivity contribution is 6.08. The molecule has 0 atom stereocenters. The van der Waals surface area contributed by atoms with Crippen molar-refractivity contribution >= 4 is 23.0 Å². The molecule has 8 heteroatoms. The van der Waals surface area contributed by atoms with Gasteiger partial charge in [0.05, 0.1) is 16.2 Å². The van der Waals surface area contributed by atoms with Gasteiger partial charge in [0.1, 0.15) is 18.1 Å². The first kappa shape index (κ1) is 20.6. The molecule has 0 spiro atoms. The summed E-state index contributed by atoms with van der Waals surface area (Å²) < 4.78 is 5.52. The standard InChI is InChI=1S/C23H23N3O5/c27-15-19-9-11-22(31-19)16-4-6-17(7-5-16)24-23(28)20-14-18(26(29)30)8-10-21(20)25-12-2-1-3-13-25/h4-11,14,27H,1-3,12-13,15H2,(H,24,28). The lowest BCUT2D eigenvalue weighted by molar-refractivity contribution is -0.384. The summed E-state index contributed by atoms with van der Waals surface area (Å²) in [7, 11) is 0. The van der Waals surface area contributed by atoms with Crippen LogP contribution in [0.25, 0.3) is 11.3 Å². The number of nitro benzene ring substituents is 1. The number of furan rings is 1. The summed E-state index contributed by atoms with van der Waals surface area (Å²) in [6.45, 7) is 1.48. The number of amides is 1. The molecule has 31 heavy (non-hydrogen) atoms. The third-order valence-corrected chi connectivity index (χ3v) is 5.38. The van der Waals surface area contributed by atoms with Gasteiger partial charge in [0, 0.05) is 36.5 Å². The van der Waals surface area contributed by atoms with Crippen LogP contribution >= 0.6 is 0 Å². The number of carbonyl (C=O) groups excluding carboxylic acids is 1. The molecule has 1 saturated heterocycles. The van der Waals surface area contributed by atoms with Crippen LogP contribution in [-0.4, -0.2) is 29.0 Å². The quantitative estimate of drug-likeness (QED) is 0.445. The Morgan fingerprint density at radius 1 is 1.06 bits per heavy atom. The van der Waals surface area contributed by atoms with E-state index in [1.54, 1.807) is 42.5 Å². The normalized spacial score (nSPS) is 13.8. The number of carbonyl (C=O) groups is 1. The molecule has 2 aromatic carbocycles. The van der Waals surface area contributed by atoms with Crippen LogP contribution in [0.5, 0.6) is 0 Å². The van der Waals surface area contributed by atoms with Crippen LogP contribution in [0.15, 0.2) is 59.0 Å². The molecule has 3 aromatic rings. The number of rotatable bonds is 6. The number of hydrogen-bond donors (Lipinski definition) is 2. The van der Waals surface area contributed by atoms with E-state index in [1.165, 1.54) is 12.1 Å². The van der Waals surface area contributed by atoms with Crippen LogP contribution in [0.3, 0.4) is 0 Å². The predicted octanol–water partition coefficient (Wildman–Crippen LogP) is 4.59. The highest BCUT2D eigenvalue weighted by atomic mass is 16.6. The number of hydrogen-bond acceptors (Lipinski definition) is 6. The van der Waals surface area contributed by atoms with E-state index >= 15 is 0 Å². The van der Waals surface area contributed by atoms with Gasteiger partial charge in [-0.1, -0.05) is 0 Å². The zero-order valence-corrected chi connectivity index (χ0v) is 16.9. The molecular weight excluding hydrogens is 398 g/mol. The SMILES string of the molecule is O=C(Nc1ccc(-c2ccc(CO)o2)cc1)c1cc([N+](=O)[O-])ccc1N1CCCCC1. The van der Waals surface area contributed by atoms with Crippen LogP contribution in [0.4, 0.5) is 17.1 Å². The zero-order chi connectivity index (χ0) is 21.8. The molecule has 2 heterocycles. The summed E-state index contributed by atoms with van der Waals surface area (Å²) >= 11 is 0. The molecule has 2 N–H and O–H groups in total. The van der Waals surface area contributed by atoms with Gasteiger partial charge in [0.25, 0.3) is 11.6 Å². The van der Waals surface area contributed by atoms with Crippen LogP contribution in [0.2, 0.25) is 0 Å². The molecule has 0 radical (unpaired) electrons. The van der Waals surface area contributed by atoms with E-state index < -0.39 is 10.8 Å². The zero-order valence-electron chi connectivity index (χ0n) is 16.9. The van der Waals surface area contributed by atoms with Crippen molar-refractivity contribution in [1.82, 2.24) is 0 Å². The van der Waals surface area contributed by atoms with Crippen molar-refractivity contribution in [2.75, 3.05) is 23.3 Å². The summed E-state index contributed by atoms with van der Waals surface area (Å²) in [4.78, 5) is 25.9. The van der Waals surface area contributed by atoms with Crippen molar-refractivity contribution in [2.24, 2.45) is 0 Å². The first-order valence-corrected chi connectivity index (χ1v) is 10.2. The minimum absolute atomic E-state index is 0.112. The Balaban J connectivity index is 1.57. The number of benzene rings is 2. The van der Waals surface area contributed by atoms with Crippen LogP contribution in [-0.2, 0) is 6.61 Å². The molecule has 1 aliphatic rings. The number of nitrogens with one attached hydrogen (secondary N) is 1. The van der Waals surface area contributed by atoms with E-state index in [0.29, 0.717) is 28.5 Å². The molecule has 160 valence electrons.